The number of aryl methyl sites for hydroxylation is 1. The first-order valence-corrected chi connectivity index (χ1v) is 11.5. The molecule has 0 spiro atoms. The minimum Gasteiger partial charge on any atom is -0.469 e. The number of furan rings is 1. The van der Waals surface area contributed by atoms with Crippen LogP contribution in [0.4, 0.5) is 0 Å². The Balaban J connectivity index is 1.33. The lowest BCUT2D eigenvalue weighted by atomic mass is 10.1. The van der Waals surface area contributed by atoms with Crippen molar-refractivity contribution in [3.05, 3.63) is 35.8 Å². The van der Waals surface area contributed by atoms with E-state index in [2.05, 4.69) is 34.1 Å². The topological polar surface area (TPSA) is 92.7 Å². The molecule has 2 aliphatic heterocycles. The molecule has 4 rings (SSSR count). The summed E-state index contributed by atoms with van der Waals surface area (Å²) in [5.41, 5.74) is 0. The summed E-state index contributed by atoms with van der Waals surface area (Å²) in [6.07, 6.45) is 4.50. The van der Waals surface area contributed by atoms with Gasteiger partial charge in [0.2, 0.25) is 0 Å². The fourth-order valence-electron chi connectivity index (χ4n) is 3.92. The molecule has 1 atom stereocenters. The molecule has 1 saturated heterocycles. The summed E-state index contributed by atoms with van der Waals surface area (Å²) in [7, 11) is 0. The van der Waals surface area contributed by atoms with Gasteiger partial charge >= 0.3 is 0 Å². The third-order valence-corrected chi connectivity index (χ3v) is 5.77. The monoisotopic (exact) mass is 429 g/mol. The molecule has 0 amide bonds. The van der Waals surface area contributed by atoms with Crippen LogP contribution in [0.1, 0.15) is 43.6 Å². The Hall–Kier alpha value is -2.39. The maximum atomic E-state index is 5.45. The van der Waals surface area contributed by atoms with Gasteiger partial charge in [0.1, 0.15) is 11.6 Å². The van der Waals surface area contributed by atoms with Crippen molar-refractivity contribution in [3.63, 3.8) is 0 Å². The third-order valence-electron chi connectivity index (χ3n) is 5.77. The van der Waals surface area contributed by atoms with Crippen LogP contribution in [0.2, 0.25) is 0 Å². The van der Waals surface area contributed by atoms with Crippen molar-refractivity contribution in [1.82, 2.24) is 30.3 Å². The molecule has 0 saturated carbocycles. The smallest absolute Gasteiger partial charge is 0.191 e. The summed E-state index contributed by atoms with van der Waals surface area (Å²) < 4.78 is 12.9. The van der Waals surface area contributed by atoms with Gasteiger partial charge in [0.05, 0.1) is 32.6 Å². The van der Waals surface area contributed by atoms with Crippen molar-refractivity contribution >= 4 is 5.96 Å². The van der Waals surface area contributed by atoms with Gasteiger partial charge in [-0.15, -0.1) is 0 Å². The Morgan fingerprint density at radius 3 is 2.97 bits per heavy atom. The molecule has 4 heterocycles. The van der Waals surface area contributed by atoms with Gasteiger partial charge in [-0.2, -0.15) is 5.10 Å². The van der Waals surface area contributed by atoms with Gasteiger partial charge < -0.3 is 19.8 Å². The summed E-state index contributed by atoms with van der Waals surface area (Å²) in [6.45, 7) is 11.2. The largest absolute Gasteiger partial charge is 0.469 e. The number of nitrogens with one attached hydrogen (secondary N) is 2. The molecular weight excluding hydrogens is 394 g/mol. The molecule has 2 aliphatic rings. The van der Waals surface area contributed by atoms with Crippen LogP contribution < -0.4 is 10.6 Å². The number of aliphatic imine (C=N–C) groups is 1. The van der Waals surface area contributed by atoms with Crippen LogP contribution in [0.25, 0.3) is 0 Å². The molecule has 1 fully saturated rings. The van der Waals surface area contributed by atoms with E-state index in [1.807, 2.05) is 12.1 Å². The second-order valence-corrected chi connectivity index (χ2v) is 8.54. The van der Waals surface area contributed by atoms with Crippen molar-refractivity contribution in [3.8, 4) is 0 Å². The lowest BCUT2D eigenvalue weighted by molar-refractivity contribution is 0.0394. The SMILES string of the molecule is CC(C)c1nc2n(n1)CC(NC(=NCCN1CCOCC1)NCCc1ccco1)CC2. The summed E-state index contributed by atoms with van der Waals surface area (Å²) in [5, 5.41) is 11.8. The predicted molar refractivity (Wildman–Crippen MR) is 119 cm³/mol. The van der Waals surface area contributed by atoms with Crippen LogP contribution >= 0.6 is 0 Å². The number of guanidine groups is 1. The van der Waals surface area contributed by atoms with Crippen LogP contribution in [0, 0.1) is 0 Å². The molecule has 2 N–H and O–H groups in total. The Morgan fingerprint density at radius 2 is 2.19 bits per heavy atom. The third kappa shape index (κ3) is 6.30. The first kappa shape index (κ1) is 21.8. The molecule has 0 radical (unpaired) electrons. The van der Waals surface area contributed by atoms with Crippen molar-refractivity contribution in [2.45, 2.75) is 51.6 Å². The number of rotatable bonds is 8. The molecule has 2 aromatic heterocycles. The minimum atomic E-state index is 0.285. The van der Waals surface area contributed by atoms with Crippen molar-refractivity contribution in [2.24, 2.45) is 4.99 Å². The highest BCUT2D eigenvalue weighted by molar-refractivity contribution is 5.80. The van der Waals surface area contributed by atoms with E-state index in [0.29, 0.717) is 5.92 Å². The molecule has 2 aromatic rings. The van der Waals surface area contributed by atoms with Gasteiger partial charge in [0.15, 0.2) is 11.8 Å². The Labute approximate surface area is 184 Å². The second kappa shape index (κ2) is 10.8. The summed E-state index contributed by atoms with van der Waals surface area (Å²) in [5.74, 6) is 4.22. The van der Waals surface area contributed by atoms with E-state index in [4.69, 9.17) is 24.2 Å². The van der Waals surface area contributed by atoms with Crippen LogP contribution in [0.15, 0.2) is 27.8 Å². The van der Waals surface area contributed by atoms with Gasteiger partial charge in [-0.05, 0) is 18.6 Å². The van der Waals surface area contributed by atoms with E-state index >= 15 is 0 Å². The zero-order valence-electron chi connectivity index (χ0n) is 18.7. The number of fused-ring (bicyclic) bond motifs is 1. The normalized spacial score (nSPS) is 20.1. The molecule has 0 aromatic carbocycles. The molecule has 9 nitrogen and oxygen atoms in total. The lowest BCUT2D eigenvalue weighted by Gasteiger charge is -2.27. The molecular formula is C22H35N7O2. The number of aromatic nitrogens is 3. The molecule has 1 unspecified atom stereocenters. The zero-order valence-corrected chi connectivity index (χ0v) is 18.7. The standard InChI is InChI=1S/C22H35N7O2/c1-17(2)21-26-20-6-5-18(16-29(20)27-21)25-22(23-8-7-19-4-3-13-31-19)24-9-10-28-11-14-30-15-12-28/h3-4,13,17-18H,5-12,14-16H2,1-2H3,(H2,23,24,25). The Morgan fingerprint density at radius 1 is 1.32 bits per heavy atom. The van der Waals surface area contributed by atoms with Crippen LogP contribution in [0.5, 0.6) is 0 Å². The van der Waals surface area contributed by atoms with E-state index in [1.54, 1.807) is 6.26 Å². The van der Waals surface area contributed by atoms with Crippen molar-refractivity contribution < 1.29 is 9.15 Å². The Bertz CT molecular complexity index is 825. The lowest BCUT2D eigenvalue weighted by Crippen LogP contribution is -2.48. The molecule has 9 heteroatoms. The van der Waals surface area contributed by atoms with Crippen molar-refractivity contribution in [1.29, 1.82) is 0 Å². The minimum absolute atomic E-state index is 0.285. The maximum absolute atomic E-state index is 5.45. The first-order valence-electron chi connectivity index (χ1n) is 11.5. The number of nitrogens with zero attached hydrogens (tertiary/aromatic N) is 5. The molecule has 0 bridgehead atoms. The van der Waals surface area contributed by atoms with E-state index in [9.17, 15) is 0 Å². The van der Waals surface area contributed by atoms with E-state index in [-0.39, 0.29) is 6.04 Å². The predicted octanol–water partition coefficient (Wildman–Crippen LogP) is 1.42. The fraction of sp³-hybridized carbons (Fsp3) is 0.682. The zero-order chi connectivity index (χ0) is 21.5. The summed E-state index contributed by atoms with van der Waals surface area (Å²) >= 11 is 0. The van der Waals surface area contributed by atoms with Crippen molar-refractivity contribution in [2.75, 3.05) is 45.9 Å². The van der Waals surface area contributed by atoms with Crippen LogP contribution in [0.3, 0.4) is 0 Å². The highest BCUT2D eigenvalue weighted by atomic mass is 16.5. The highest BCUT2D eigenvalue weighted by Crippen LogP contribution is 2.17. The van der Waals surface area contributed by atoms with Gasteiger partial charge in [-0.3, -0.25) is 9.89 Å². The number of hydrogen-bond donors (Lipinski definition) is 2. The summed E-state index contributed by atoms with van der Waals surface area (Å²) in [4.78, 5) is 12.0. The number of hydrogen-bond acceptors (Lipinski definition) is 6. The first-order chi connectivity index (χ1) is 15.2. The average Bonchev–Trinajstić information content (AvgIpc) is 3.44. The van der Waals surface area contributed by atoms with Gasteiger partial charge in [0.25, 0.3) is 0 Å². The van der Waals surface area contributed by atoms with E-state index < -0.39 is 0 Å². The second-order valence-electron chi connectivity index (χ2n) is 8.54. The van der Waals surface area contributed by atoms with E-state index in [0.717, 1.165) is 95.1 Å². The quantitative estimate of drug-likeness (QED) is 0.484. The van der Waals surface area contributed by atoms with Gasteiger partial charge in [-0.1, -0.05) is 13.8 Å². The molecule has 31 heavy (non-hydrogen) atoms. The highest BCUT2D eigenvalue weighted by Gasteiger charge is 2.23. The fourth-order valence-corrected chi connectivity index (χ4v) is 3.92. The van der Waals surface area contributed by atoms with Crippen LogP contribution in [-0.2, 0) is 24.1 Å². The van der Waals surface area contributed by atoms with Gasteiger partial charge in [0, 0.05) is 51.0 Å². The maximum Gasteiger partial charge on any atom is 0.191 e. The number of ether oxygens (including phenoxy) is 1. The van der Waals surface area contributed by atoms with E-state index in [1.165, 1.54) is 0 Å². The van der Waals surface area contributed by atoms with Gasteiger partial charge in [-0.25, -0.2) is 9.67 Å². The number of morpholine rings is 1. The molecule has 0 aliphatic carbocycles. The Kier molecular flexibility index (Phi) is 7.58. The van der Waals surface area contributed by atoms with Crippen LogP contribution in [-0.4, -0.2) is 77.6 Å². The average molecular weight is 430 g/mol. The molecule has 170 valence electrons. The summed E-state index contributed by atoms with van der Waals surface area (Å²) in [6, 6.07) is 4.21.